The van der Waals surface area contributed by atoms with Gasteiger partial charge in [-0.1, -0.05) is 12.1 Å². The maximum absolute atomic E-state index is 5.74. The maximum atomic E-state index is 5.74. The van der Waals surface area contributed by atoms with Crippen molar-refractivity contribution in [2.24, 2.45) is 5.73 Å². The van der Waals surface area contributed by atoms with Crippen LogP contribution in [-0.4, -0.2) is 23.4 Å². The molecule has 0 bridgehead atoms. The van der Waals surface area contributed by atoms with Crippen LogP contribution in [0.1, 0.15) is 31.6 Å². The van der Waals surface area contributed by atoms with Crippen molar-refractivity contribution in [2.45, 2.75) is 26.3 Å². The number of aryl methyl sites for hydroxylation is 1. The quantitative estimate of drug-likeness (QED) is 0.729. The van der Waals surface area contributed by atoms with Gasteiger partial charge in [-0.05, 0) is 6.92 Å². The second-order valence-electron chi connectivity index (χ2n) is 2.67. The number of hydrogen-bond acceptors (Lipinski definition) is 5. The van der Waals surface area contributed by atoms with Gasteiger partial charge in [0.15, 0.2) is 5.82 Å². The van der Waals surface area contributed by atoms with Gasteiger partial charge in [0.05, 0.1) is 12.6 Å². The largest absolute Gasteiger partial charge is 0.380 e. The molecule has 0 aliphatic carbocycles. The van der Waals surface area contributed by atoms with E-state index < -0.39 is 0 Å². The molecular weight excluding hydrogens is 170 g/mol. The lowest BCUT2D eigenvalue weighted by Gasteiger charge is -2.05. The number of nitrogens with zero attached hydrogens (tertiary/aromatic N) is 2. The van der Waals surface area contributed by atoms with Crippen LogP contribution in [0.25, 0.3) is 0 Å². The molecule has 0 aliphatic heterocycles. The molecule has 74 valence electrons. The Kier molecular flexibility index (Phi) is 3.85. The molecule has 1 aromatic heterocycles. The van der Waals surface area contributed by atoms with E-state index in [1.807, 2.05) is 13.8 Å². The molecule has 13 heavy (non-hydrogen) atoms. The van der Waals surface area contributed by atoms with Crippen molar-refractivity contribution in [1.29, 1.82) is 0 Å². The van der Waals surface area contributed by atoms with E-state index in [1.54, 1.807) is 0 Å². The van der Waals surface area contributed by atoms with Gasteiger partial charge >= 0.3 is 0 Å². The zero-order chi connectivity index (χ0) is 9.68. The molecule has 0 fully saturated rings. The first-order valence-electron chi connectivity index (χ1n) is 4.43. The molecule has 1 atom stereocenters. The lowest BCUT2D eigenvalue weighted by Crippen LogP contribution is -2.18. The van der Waals surface area contributed by atoms with Crippen LogP contribution in [0.2, 0.25) is 0 Å². The summed E-state index contributed by atoms with van der Waals surface area (Å²) < 4.78 is 10.1. The lowest BCUT2D eigenvalue weighted by atomic mass is 10.3. The third-order valence-corrected chi connectivity index (χ3v) is 1.62. The highest BCUT2D eigenvalue weighted by molar-refractivity contribution is 4.92. The van der Waals surface area contributed by atoms with Crippen molar-refractivity contribution < 1.29 is 9.26 Å². The second kappa shape index (κ2) is 4.94. The predicted octanol–water partition coefficient (Wildman–Crippen LogP) is 0.668. The summed E-state index contributed by atoms with van der Waals surface area (Å²) in [5.74, 6) is 1.13. The zero-order valence-corrected chi connectivity index (χ0v) is 7.99. The van der Waals surface area contributed by atoms with Gasteiger partial charge in [-0.15, -0.1) is 0 Å². The van der Waals surface area contributed by atoms with Crippen molar-refractivity contribution in [1.82, 2.24) is 10.1 Å². The molecule has 1 aromatic rings. The number of nitrogens with two attached hydrogens (primary N) is 1. The van der Waals surface area contributed by atoms with Crippen molar-refractivity contribution in [3.63, 3.8) is 0 Å². The first-order valence-corrected chi connectivity index (χ1v) is 4.43. The van der Waals surface area contributed by atoms with E-state index in [0.29, 0.717) is 24.9 Å². The highest BCUT2D eigenvalue weighted by atomic mass is 16.5. The molecule has 1 unspecified atom stereocenters. The third kappa shape index (κ3) is 2.78. The van der Waals surface area contributed by atoms with E-state index in [1.165, 1.54) is 0 Å². The summed E-state index contributed by atoms with van der Waals surface area (Å²) in [6, 6.07) is -0.288. The molecule has 0 spiro atoms. The van der Waals surface area contributed by atoms with E-state index >= 15 is 0 Å². The third-order valence-electron chi connectivity index (χ3n) is 1.62. The Labute approximate surface area is 77.3 Å². The summed E-state index contributed by atoms with van der Waals surface area (Å²) in [7, 11) is 0. The van der Waals surface area contributed by atoms with Crippen LogP contribution in [0.4, 0.5) is 0 Å². The highest BCUT2D eigenvalue weighted by Gasteiger charge is 2.12. The Balaban J connectivity index is 2.50. The highest BCUT2D eigenvalue weighted by Crippen LogP contribution is 2.06. The molecule has 1 rings (SSSR count). The zero-order valence-electron chi connectivity index (χ0n) is 7.99. The molecule has 0 saturated heterocycles. The normalized spacial score (nSPS) is 13.2. The van der Waals surface area contributed by atoms with Gasteiger partial charge in [-0.3, -0.25) is 0 Å². The van der Waals surface area contributed by atoms with Crippen molar-refractivity contribution in [2.75, 3.05) is 13.2 Å². The molecular formula is C8H15N3O2. The van der Waals surface area contributed by atoms with Crippen molar-refractivity contribution >= 4 is 0 Å². The Morgan fingerprint density at radius 1 is 1.54 bits per heavy atom. The Morgan fingerprint density at radius 3 is 2.85 bits per heavy atom. The van der Waals surface area contributed by atoms with Gasteiger partial charge in [-0.25, -0.2) is 0 Å². The maximum Gasteiger partial charge on any atom is 0.226 e. The number of rotatable bonds is 5. The van der Waals surface area contributed by atoms with Gasteiger partial charge < -0.3 is 15.0 Å². The van der Waals surface area contributed by atoms with E-state index in [9.17, 15) is 0 Å². The SMILES string of the molecule is CCOCC(N)c1noc(CC)n1. The summed E-state index contributed by atoms with van der Waals surface area (Å²) in [4.78, 5) is 4.10. The second-order valence-corrected chi connectivity index (χ2v) is 2.67. The average Bonchev–Trinajstić information content (AvgIpc) is 2.62. The van der Waals surface area contributed by atoms with Crippen LogP contribution in [0.3, 0.4) is 0 Å². The van der Waals surface area contributed by atoms with Crippen LogP contribution in [-0.2, 0) is 11.2 Å². The van der Waals surface area contributed by atoms with E-state index in [0.717, 1.165) is 6.42 Å². The van der Waals surface area contributed by atoms with Gasteiger partial charge in [0.1, 0.15) is 0 Å². The fourth-order valence-electron chi connectivity index (χ4n) is 0.882. The Bertz CT molecular complexity index is 249. The molecule has 2 N–H and O–H groups in total. The fourth-order valence-corrected chi connectivity index (χ4v) is 0.882. The van der Waals surface area contributed by atoms with Crippen molar-refractivity contribution in [3.05, 3.63) is 11.7 Å². The Hall–Kier alpha value is -0.940. The minimum atomic E-state index is -0.288. The first-order chi connectivity index (χ1) is 6.27. The van der Waals surface area contributed by atoms with E-state index in [4.69, 9.17) is 15.0 Å². The topological polar surface area (TPSA) is 74.2 Å². The smallest absolute Gasteiger partial charge is 0.226 e. The molecule has 0 radical (unpaired) electrons. The van der Waals surface area contributed by atoms with Crippen molar-refractivity contribution in [3.8, 4) is 0 Å². The lowest BCUT2D eigenvalue weighted by molar-refractivity contribution is 0.130. The van der Waals surface area contributed by atoms with Crippen LogP contribution >= 0.6 is 0 Å². The molecule has 1 heterocycles. The Morgan fingerprint density at radius 2 is 2.31 bits per heavy atom. The summed E-state index contributed by atoms with van der Waals surface area (Å²) in [6.07, 6.45) is 0.731. The van der Waals surface area contributed by atoms with Gasteiger partial charge in [0.2, 0.25) is 5.89 Å². The predicted molar refractivity (Wildman–Crippen MR) is 47.1 cm³/mol. The summed E-state index contributed by atoms with van der Waals surface area (Å²) in [5.41, 5.74) is 5.74. The van der Waals surface area contributed by atoms with Gasteiger partial charge in [0.25, 0.3) is 0 Å². The van der Waals surface area contributed by atoms with Crippen LogP contribution < -0.4 is 5.73 Å². The van der Waals surface area contributed by atoms with Gasteiger partial charge in [-0.2, -0.15) is 4.98 Å². The van der Waals surface area contributed by atoms with Crippen LogP contribution in [0.5, 0.6) is 0 Å². The van der Waals surface area contributed by atoms with E-state index in [2.05, 4.69) is 10.1 Å². The summed E-state index contributed by atoms with van der Waals surface area (Å²) >= 11 is 0. The standard InChI is InChI=1S/C8H15N3O2/c1-3-7-10-8(11-13-7)6(9)5-12-4-2/h6H,3-5,9H2,1-2H3. The van der Waals surface area contributed by atoms with E-state index in [-0.39, 0.29) is 6.04 Å². The van der Waals surface area contributed by atoms with Crippen LogP contribution in [0, 0.1) is 0 Å². The summed E-state index contributed by atoms with van der Waals surface area (Å²) in [5, 5.41) is 3.75. The minimum Gasteiger partial charge on any atom is -0.380 e. The fraction of sp³-hybridized carbons (Fsp3) is 0.750. The average molecular weight is 185 g/mol. The number of aromatic nitrogens is 2. The molecule has 5 nitrogen and oxygen atoms in total. The molecule has 0 amide bonds. The molecule has 5 heteroatoms. The molecule has 0 aliphatic rings. The number of ether oxygens (including phenoxy) is 1. The first kappa shape index (κ1) is 10.1. The van der Waals surface area contributed by atoms with Crippen LogP contribution in [0.15, 0.2) is 4.52 Å². The molecule has 0 aromatic carbocycles. The number of hydrogen-bond donors (Lipinski definition) is 1. The minimum absolute atomic E-state index is 0.288. The summed E-state index contributed by atoms with van der Waals surface area (Å²) in [6.45, 7) is 4.94. The monoisotopic (exact) mass is 185 g/mol. The van der Waals surface area contributed by atoms with Gasteiger partial charge in [0, 0.05) is 13.0 Å². The molecule has 0 saturated carbocycles.